The van der Waals surface area contributed by atoms with Gasteiger partial charge in [-0.2, -0.15) is 0 Å². The molecule has 1 fully saturated rings. The summed E-state index contributed by atoms with van der Waals surface area (Å²) in [5.41, 5.74) is 0.799. The number of amides is 1. The molecule has 0 spiro atoms. The van der Waals surface area contributed by atoms with Crippen molar-refractivity contribution in [1.82, 2.24) is 10.6 Å². The van der Waals surface area contributed by atoms with E-state index in [0.29, 0.717) is 6.04 Å². The van der Waals surface area contributed by atoms with E-state index >= 15 is 0 Å². The molecule has 0 aliphatic heterocycles. The smallest absolute Gasteiger partial charge is 0.246 e. The number of nitrogens with one attached hydrogen (secondary N) is 3. The molecule has 23 heavy (non-hydrogen) atoms. The Labute approximate surface area is 155 Å². The molecule has 0 saturated heterocycles. The molecule has 1 aromatic rings. The molecule has 0 atom stereocenters. The number of aliphatic imine (C=N–C) groups is 1. The van der Waals surface area contributed by atoms with E-state index < -0.39 is 0 Å². The Morgan fingerprint density at radius 1 is 1.17 bits per heavy atom. The van der Waals surface area contributed by atoms with Gasteiger partial charge >= 0.3 is 0 Å². The summed E-state index contributed by atoms with van der Waals surface area (Å²) in [5.74, 6) is 0.629. The van der Waals surface area contributed by atoms with E-state index in [1.54, 1.807) is 0 Å². The Morgan fingerprint density at radius 3 is 2.52 bits per heavy atom. The van der Waals surface area contributed by atoms with Crippen molar-refractivity contribution in [3.63, 3.8) is 0 Å². The van der Waals surface area contributed by atoms with E-state index in [2.05, 4.69) is 20.9 Å². The zero-order valence-corrected chi connectivity index (χ0v) is 16.0. The number of carbonyl (C=O) groups is 1. The first kappa shape index (κ1) is 19.7. The summed E-state index contributed by atoms with van der Waals surface area (Å²) in [6, 6.07) is 9.93. The number of halogens is 1. The minimum Gasteiger partial charge on any atom is -0.357 e. The fraction of sp³-hybridized carbons (Fsp3) is 0.529. The average molecular weight is 430 g/mol. The minimum absolute atomic E-state index is 0. The summed E-state index contributed by atoms with van der Waals surface area (Å²) in [7, 11) is 0. The summed E-state index contributed by atoms with van der Waals surface area (Å²) >= 11 is 0. The molecule has 0 radical (unpaired) electrons. The SMILES string of the molecule is CCNC(=NCC(=O)Nc1ccccc1)NC1CCCCC1.I. The molecular formula is C17H27IN4O. The topological polar surface area (TPSA) is 65.5 Å². The maximum Gasteiger partial charge on any atom is 0.246 e. The standard InChI is InChI=1S/C17H26N4O.HI/c1-2-18-17(21-15-11-7-4-8-12-15)19-13-16(22)20-14-9-5-3-6-10-14;/h3,5-6,9-10,15H,2,4,7-8,11-13H2,1H3,(H,20,22)(H2,18,19,21);1H. The van der Waals surface area contributed by atoms with Crippen molar-refractivity contribution in [2.24, 2.45) is 4.99 Å². The Bertz CT molecular complexity index is 487. The zero-order chi connectivity index (χ0) is 15.6. The van der Waals surface area contributed by atoms with Gasteiger partial charge in [-0.25, -0.2) is 4.99 Å². The highest BCUT2D eigenvalue weighted by molar-refractivity contribution is 14.0. The van der Waals surface area contributed by atoms with E-state index in [1.807, 2.05) is 37.3 Å². The summed E-state index contributed by atoms with van der Waals surface area (Å²) in [6.07, 6.45) is 6.23. The second-order valence-corrected chi connectivity index (χ2v) is 5.59. The number of anilines is 1. The van der Waals surface area contributed by atoms with Crippen LogP contribution in [0.15, 0.2) is 35.3 Å². The van der Waals surface area contributed by atoms with Gasteiger partial charge in [0.15, 0.2) is 5.96 Å². The molecule has 0 heterocycles. The van der Waals surface area contributed by atoms with Crippen LogP contribution in [-0.4, -0.2) is 31.0 Å². The largest absolute Gasteiger partial charge is 0.357 e. The first-order chi connectivity index (χ1) is 10.8. The van der Waals surface area contributed by atoms with Crippen molar-refractivity contribution in [2.75, 3.05) is 18.4 Å². The molecule has 5 nitrogen and oxygen atoms in total. The molecule has 128 valence electrons. The maximum atomic E-state index is 11.9. The predicted octanol–water partition coefficient (Wildman–Crippen LogP) is 3.13. The summed E-state index contributed by atoms with van der Waals surface area (Å²) in [4.78, 5) is 16.3. The highest BCUT2D eigenvalue weighted by Gasteiger charge is 2.14. The number of nitrogens with zero attached hydrogens (tertiary/aromatic N) is 1. The van der Waals surface area contributed by atoms with E-state index in [-0.39, 0.29) is 36.4 Å². The molecule has 6 heteroatoms. The number of para-hydroxylation sites is 1. The van der Waals surface area contributed by atoms with Crippen LogP contribution in [0.5, 0.6) is 0 Å². The fourth-order valence-electron chi connectivity index (χ4n) is 2.63. The molecule has 1 aliphatic carbocycles. The van der Waals surface area contributed by atoms with Crippen molar-refractivity contribution in [3.8, 4) is 0 Å². The van der Waals surface area contributed by atoms with Gasteiger partial charge < -0.3 is 16.0 Å². The van der Waals surface area contributed by atoms with E-state index in [0.717, 1.165) is 18.2 Å². The van der Waals surface area contributed by atoms with Crippen LogP contribution in [0.1, 0.15) is 39.0 Å². The maximum absolute atomic E-state index is 11.9. The van der Waals surface area contributed by atoms with Crippen molar-refractivity contribution in [1.29, 1.82) is 0 Å². The van der Waals surface area contributed by atoms with Crippen LogP contribution in [0.4, 0.5) is 5.69 Å². The van der Waals surface area contributed by atoms with Gasteiger partial charge in [-0.15, -0.1) is 24.0 Å². The van der Waals surface area contributed by atoms with Gasteiger partial charge in [0, 0.05) is 18.3 Å². The highest BCUT2D eigenvalue weighted by Crippen LogP contribution is 2.17. The average Bonchev–Trinajstić information content (AvgIpc) is 2.55. The predicted molar refractivity (Wildman–Crippen MR) is 106 cm³/mol. The second-order valence-electron chi connectivity index (χ2n) is 5.59. The fourth-order valence-corrected chi connectivity index (χ4v) is 2.63. The van der Waals surface area contributed by atoms with Crippen molar-refractivity contribution >= 4 is 41.5 Å². The van der Waals surface area contributed by atoms with Gasteiger partial charge in [-0.3, -0.25) is 4.79 Å². The molecule has 1 aromatic carbocycles. The Hall–Kier alpha value is -1.31. The molecular weight excluding hydrogens is 403 g/mol. The number of hydrogen-bond acceptors (Lipinski definition) is 2. The van der Waals surface area contributed by atoms with Crippen LogP contribution in [0, 0.1) is 0 Å². The number of benzene rings is 1. The number of hydrogen-bond donors (Lipinski definition) is 3. The van der Waals surface area contributed by atoms with Crippen LogP contribution in [0.2, 0.25) is 0 Å². The monoisotopic (exact) mass is 430 g/mol. The van der Waals surface area contributed by atoms with Crippen molar-refractivity contribution in [2.45, 2.75) is 45.1 Å². The van der Waals surface area contributed by atoms with Crippen LogP contribution < -0.4 is 16.0 Å². The summed E-state index contributed by atoms with van der Waals surface area (Å²) < 4.78 is 0. The Balaban J connectivity index is 0.00000264. The molecule has 1 amide bonds. The zero-order valence-electron chi connectivity index (χ0n) is 13.7. The lowest BCUT2D eigenvalue weighted by molar-refractivity contribution is -0.114. The second kappa shape index (κ2) is 11.3. The molecule has 1 aliphatic rings. The Morgan fingerprint density at radius 2 is 1.87 bits per heavy atom. The molecule has 1 saturated carbocycles. The van der Waals surface area contributed by atoms with Gasteiger partial charge in [-0.05, 0) is 31.9 Å². The minimum atomic E-state index is -0.105. The van der Waals surface area contributed by atoms with Crippen molar-refractivity contribution < 1.29 is 4.79 Å². The molecule has 0 unspecified atom stereocenters. The summed E-state index contributed by atoms with van der Waals surface area (Å²) in [5, 5.41) is 9.48. The van der Waals surface area contributed by atoms with Crippen LogP contribution >= 0.6 is 24.0 Å². The molecule has 0 bridgehead atoms. The van der Waals surface area contributed by atoms with Crippen LogP contribution in [0.25, 0.3) is 0 Å². The lowest BCUT2D eigenvalue weighted by Gasteiger charge is -2.24. The van der Waals surface area contributed by atoms with Gasteiger partial charge in [0.25, 0.3) is 0 Å². The van der Waals surface area contributed by atoms with E-state index in [1.165, 1.54) is 32.1 Å². The van der Waals surface area contributed by atoms with E-state index in [4.69, 9.17) is 0 Å². The summed E-state index contributed by atoms with van der Waals surface area (Å²) in [6.45, 7) is 2.94. The molecule has 3 N–H and O–H groups in total. The van der Waals surface area contributed by atoms with Gasteiger partial charge in [-0.1, -0.05) is 37.5 Å². The molecule has 0 aromatic heterocycles. The third-order valence-corrected chi connectivity index (χ3v) is 3.73. The van der Waals surface area contributed by atoms with Crippen LogP contribution in [0.3, 0.4) is 0 Å². The lowest BCUT2D eigenvalue weighted by Crippen LogP contribution is -2.44. The van der Waals surface area contributed by atoms with Gasteiger partial charge in [0.1, 0.15) is 6.54 Å². The quantitative estimate of drug-likeness (QED) is 0.382. The third kappa shape index (κ3) is 7.67. The number of rotatable bonds is 5. The van der Waals surface area contributed by atoms with Crippen molar-refractivity contribution in [3.05, 3.63) is 30.3 Å². The number of guanidine groups is 1. The third-order valence-electron chi connectivity index (χ3n) is 3.73. The van der Waals surface area contributed by atoms with Gasteiger partial charge in [0.2, 0.25) is 5.91 Å². The molecule has 2 rings (SSSR count). The van der Waals surface area contributed by atoms with Crippen LogP contribution in [-0.2, 0) is 4.79 Å². The van der Waals surface area contributed by atoms with Gasteiger partial charge in [0.05, 0.1) is 0 Å². The first-order valence-electron chi connectivity index (χ1n) is 8.17. The first-order valence-corrected chi connectivity index (χ1v) is 8.17. The van der Waals surface area contributed by atoms with E-state index in [9.17, 15) is 4.79 Å². The normalized spacial score (nSPS) is 15.4. The number of carbonyl (C=O) groups excluding carboxylic acids is 1. The Kier molecular flexibility index (Phi) is 9.66. The lowest BCUT2D eigenvalue weighted by atomic mass is 9.96. The highest BCUT2D eigenvalue weighted by atomic mass is 127.